The first-order valence-corrected chi connectivity index (χ1v) is 7.36. The van der Waals surface area contributed by atoms with Crippen LogP contribution in [0.4, 0.5) is 0 Å². The second-order valence-corrected chi connectivity index (χ2v) is 6.06. The van der Waals surface area contributed by atoms with Crippen molar-refractivity contribution in [3.8, 4) is 10.6 Å². The van der Waals surface area contributed by atoms with Gasteiger partial charge in [-0.3, -0.25) is 0 Å². The van der Waals surface area contributed by atoms with Gasteiger partial charge in [0.2, 0.25) is 0 Å². The monoisotopic (exact) mass is 270 g/mol. The van der Waals surface area contributed by atoms with Gasteiger partial charge in [-0.1, -0.05) is 18.2 Å². The van der Waals surface area contributed by atoms with Gasteiger partial charge in [-0.2, -0.15) is 0 Å². The lowest BCUT2D eigenvalue weighted by Gasteiger charge is -2.15. The minimum atomic E-state index is 0.104. The van der Waals surface area contributed by atoms with E-state index in [1.807, 2.05) is 18.2 Å². The maximum Gasteiger partial charge on any atom is 0.134 e. The third-order valence-electron chi connectivity index (χ3n) is 3.71. The minimum Gasteiger partial charge on any atom is -0.464 e. The zero-order chi connectivity index (χ0) is 12.8. The largest absolute Gasteiger partial charge is 0.464 e. The van der Waals surface area contributed by atoms with E-state index in [2.05, 4.69) is 6.07 Å². The Bertz CT molecular complexity index is 744. The van der Waals surface area contributed by atoms with Crippen molar-refractivity contribution in [2.75, 3.05) is 0 Å². The van der Waals surface area contributed by atoms with Gasteiger partial charge in [-0.05, 0) is 25.3 Å². The van der Waals surface area contributed by atoms with Crippen LogP contribution in [0.3, 0.4) is 0 Å². The Kier molecular flexibility index (Phi) is 2.47. The number of nitrogens with zero attached hydrogens (tertiary/aromatic N) is 1. The highest BCUT2D eigenvalue weighted by Crippen LogP contribution is 2.39. The molecule has 1 unspecified atom stereocenters. The van der Waals surface area contributed by atoms with Crippen molar-refractivity contribution in [2.24, 2.45) is 5.73 Å². The molecule has 4 rings (SSSR count). The summed E-state index contributed by atoms with van der Waals surface area (Å²) in [5.74, 6) is 0. The topological polar surface area (TPSA) is 52.0 Å². The van der Waals surface area contributed by atoms with E-state index in [1.165, 1.54) is 11.3 Å². The van der Waals surface area contributed by atoms with Gasteiger partial charge in [0.05, 0.1) is 11.3 Å². The van der Waals surface area contributed by atoms with Crippen LogP contribution in [0.25, 0.3) is 21.5 Å². The van der Waals surface area contributed by atoms with Gasteiger partial charge >= 0.3 is 0 Å². The average molecular weight is 270 g/mol. The normalized spacial score (nSPS) is 18.7. The summed E-state index contributed by atoms with van der Waals surface area (Å²) in [5, 5.41) is 2.16. The number of benzene rings is 1. The molecule has 1 aliphatic rings. The molecule has 0 fully saturated rings. The van der Waals surface area contributed by atoms with Crippen LogP contribution in [-0.4, -0.2) is 4.98 Å². The van der Waals surface area contributed by atoms with Gasteiger partial charge in [-0.15, -0.1) is 11.3 Å². The predicted octanol–water partition coefficient (Wildman–Crippen LogP) is 3.89. The van der Waals surface area contributed by atoms with Crippen molar-refractivity contribution >= 4 is 22.3 Å². The molecule has 0 aliphatic heterocycles. The molecule has 2 N–H and O–H groups in total. The maximum absolute atomic E-state index is 6.15. The van der Waals surface area contributed by atoms with Gasteiger partial charge in [0.15, 0.2) is 0 Å². The molecule has 0 amide bonds. The number of nitrogens with two attached hydrogens (primary N) is 1. The Morgan fingerprint density at radius 2 is 2.21 bits per heavy atom. The fraction of sp³-hybridized carbons (Fsp3) is 0.267. The van der Waals surface area contributed by atoms with Gasteiger partial charge in [-0.25, -0.2) is 4.98 Å². The van der Waals surface area contributed by atoms with Crippen LogP contribution in [0.5, 0.6) is 0 Å². The van der Waals surface area contributed by atoms with E-state index >= 15 is 0 Å². The van der Waals surface area contributed by atoms with Crippen molar-refractivity contribution in [2.45, 2.75) is 25.3 Å². The van der Waals surface area contributed by atoms with Gasteiger partial charge in [0.25, 0.3) is 0 Å². The van der Waals surface area contributed by atoms with E-state index in [9.17, 15) is 0 Å². The SMILES string of the molecule is NC1CCCc2sc(-c3coc4ccccc34)nc21. The lowest BCUT2D eigenvalue weighted by Crippen LogP contribution is -2.16. The standard InChI is InChI=1S/C15H14N2OS/c16-11-5-3-7-13-14(11)17-15(19-13)10-8-18-12-6-2-1-4-9(10)12/h1-2,4,6,8,11H,3,5,7,16H2. The van der Waals surface area contributed by atoms with Gasteiger partial charge < -0.3 is 10.2 Å². The molecule has 2 aromatic heterocycles. The molecule has 0 saturated carbocycles. The number of furan rings is 1. The lowest BCUT2D eigenvalue weighted by molar-refractivity contribution is 0.564. The highest BCUT2D eigenvalue weighted by molar-refractivity contribution is 7.15. The first kappa shape index (κ1) is 11.2. The molecular weight excluding hydrogens is 256 g/mol. The van der Waals surface area contributed by atoms with Crippen LogP contribution in [-0.2, 0) is 6.42 Å². The fourth-order valence-electron chi connectivity index (χ4n) is 2.71. The molecule has 2 heterocycles. The van der Waals surface area contributed by atoms with Crippen molar-refractivity contribution in [3.63, 3.8) is 0 Å². The quantitative estimate of drug-likeness (QED) is 0.729. The number of aromatic nitrogens is 1. The zero-order valence-corrected chi connectivity index (χ0v) is 11.2. The summed E-state index contributed by atoms with van der Waals surface area (Å²) in [5.41, 5.74) is 9.24. The number of fused-ring (bicyclic) bond motifs is 2. The Hall–Kier alpha value is -1.65. The predicted molar refractivity (Wildman–Crippen MR) is 77.2 cm³/mol. The van der Waals surface area contributed by atoms with Crippen molar-refractivity contribution < 1.29 is 4.42 Å². The Labute approximate surface area is 115 Å². The molecule has 96 valence electrons. The van der Waals surface area contributed by atoms with Crippen LogP contribution in [0.15, 0.2) is 34.9 Å². The third kappa shape index (κ3) is 1.71. The summed E-state index contributed by atoms with van der Waals surface area (Å²) in [6.07, 6.45) is 5.13. The molecule has 1 atom stereocenters. The van der Waals surface area contributed by atoms with Gasteiger partial charge in [0, 0.05) is 16.3 Å². The van der Waals surface area contributed by atoms with E-state index in [0.717, 1.165) is 40.1 Å². The Balaban J connectivity index is 1.89. The summed E-state index contributed by atoms with van der Waals surface area (Å²) in [6.45, 7) is 0. The van der Waals surface area contributed by atoms with E-state index < -0.39 is 0 Å². The number of aryl methyl sites for hydroxylation is 1. The van der Waals surface area contributed by atoms with Gasteiger partial charge in [0.1, 0.15) is 16.9 Å². The Morgan fingerprint density at radius 1 is 1.32 bits per heavy atom. The van der Waals surface area contributed by atoms with E-state index in [-0.39, 0.29) is 6.04 Å². The van der Waals surface area contributed by atoms with Crippen molar-refractivity contribution in [1.29, 1.82) is 0 Å². The van der Waals surface area contributed by atoms with Crippen LogP contribution in [0.2, 0.25) is 0 Å². The summed E-state index contributed by atoms with van der Waals surface area (Å²) < 4.78 is 5.60. The molecule has 1 aromatic carbocycles. The number of hydrogen-bond donors (Lipinski definition) is 1. The van der Waals surface area contributed by atoms with Crippen molar-refractivity contribution in [3.05, 3.63) is 41.1 Å². The van der Waals surface area contributed by atoms with E-state index in [0.29, 0.717) is 0 Å². The van der Waals surface area contributed by atoms with Crippen molar-refractivity contribution in [1.82, 2.24) is 4.98 Å². The zero-order valence-electron chi connectivity index (χ0n) is 10.4. The fourth-order valence-corrected chi connectivity index (χ4v) is 3.90. The summed E-state index contributed by atoms with van der Waals surface area (Å²) in [6, 6.07) is 8.18. The highest BCUT2D eigenvalue weighted by Gasteiger charge is 2.23. The molecule has 0 spiro atoms. The second-order valence-electron chi connectivity index (χ2n) is 4.97. The first-order valence-electron chi connectivity index (χ1n) is 6.55. The van der Waals surface area contributed by atoms with Crippen LogP contribution < -0.4 is 5.73 Å². The number of rotatable bonds is 1. The average Bonchev–Trinajstić information content (AvgIpc) is 3.02. The smallest absolute Gasteiger partial charge is 0.134 e. The molecule has 0 radical (unpaired) electrons. The lowest BCUT2D eigenvalue weighted by atomic mass is 9.99. The summed E-state index contributed by atoms with van der Waals surface area (Å²) >= 11 is 1.76. The summed E-state index contributed by atoms with van der Waals surface area (Å²) in [4.78, 5) is 6.10. The summed E-state index contributed by atoms with van der Waals surface area (Å²) in [7, 11) is 0. The molecule has 19 heavy (non-hydrogen) atoms. The second kappa shape index (κ2) is 4.18. The highest BCUT2D eigenvalue weighted by atomic mass is 32.1. The first-order chi connectivity index (χ1) is 9.33. The molecule has 3 nitrogen and oxygen atoms in total. The third-order valence-corrected chi connectivity index (χ3v) is 4.87. The number of hydrogen-bond acceptors (Lipinski definition) is 4. The number of thiazole rings is 1. The molecular formula is C15H14N2OS. The minimum absolute atomic E-state index is 0.104. The molecule has 4 heteroatoms. The molecule has 1 aliphatic carbocycles. The molecule has 0 saturated heterocycles. The molecule has 0 bridgehead atoms. The van der Waals surface area contributed by atoms with E-state index in [4.69, 9.17) is 15.1 Å². The van der Waals surface area contributed by atoms with Crippen LogP contribution in [0.1, 0.15) is 29.5 Å². The van der Waals surface area contributed by atoms with Crippen LogP contribution in [0, 0.1) is 0 Å². The number of para-hydroxylation sites is 1. The van der Waals surface area contributed by atoms with Crippen LogP contribution >= 0.6 is 11.3 Å². The maximum atomic E-state index is 6.15. The Morgan fingerprint density at radius 3 is 3.11 bits per heavy atom. The van der Waals surface area contributed by atoms with E-state index in [1.54, 1.807) is 17.6 Å². The molecule has 3 aromatic rings.